The maximum atomic E-state index is 14.1. The summed E-state index contributed by atoms with van der Waals surface area (Å²) in [7, 11) is 2.59. The lowest BCUT2D eigenvalue weighted by Crippen LogP contribution is -2.51. The number of H-pyrrole nitrogens is 2. The molecule has 1 aliphatic carbocycles. The van der Waals surface area contributed by atoms with Crippen molar-refractivity contribution in [2.45, 2.75) is 90.4 Å². The minimum Gasteiger partial charge on any atom is -0.453 e. The minimum atomic E-state index is -0.747. The first-order valence-electron chi connectivity index (χ1n) is 21.3. The van der Waals surface area contributed by atoms with E-state index in [1.165, 1.54) is 14.2 Å². The Labute approximate surface area is 356 Å². The molecule has 5 heterocycles. The fraction of sp³-hybridized carbons (Fsp3) is 0.522. The Kier molecular flexibility index (Phi) is 11.6. The van der Waals surface area contributed by atoms with Gasteiger partial charge in [-0.05, 0) is 91.7 Å². The fourth-order valence-electron chi connectivity index (χ4n) is 9.35. The second kappa shape index (κ2) is 16.9. The third-order valence-electron chi connectivity index (χ3n) is 13.0. The molecule has 2 aromatic carbocycles. The third-order valence-corrected chi connectivity index (χ3v) is 13.0. The van der Waals surface area contributed by atoms with Gasteiger partial charge in [0.2, 0.25) is 11.8 Å². The number of nitrogens with one attached hydrogen (secondary N) is 4. The van der Waals surface area contributed by atoms with E-state index in [0.717, 1.165) is 71.3 Å². The number of carbonyl (C=O) groups excluding carboxylic acids is 4. The highest BCUT2D eigenvalue weighted by molar-refractivity contribution is 5.87. The third kappa shape index (κ3) is 8.68. The van der Waals surface area contributed by atoms with Gasteiger partial charge in [0.05, 0.1) is 55.8 Å². The standard InChI is InChI=1S/C46H56N8O7/c1-27(2)37(51-43(57)59-5)41(55)53-24-45(17-18-45)21-35(53)39-47-23-34(50-39)31-13-10-29(11-14-31)8-9-30-12-15-32-33(20-30)49-40(48-32)36-22-46(16-7-19-61-26-46)25-54(36)42(56)38(28(3)4)52-44(58)60-6/h10-15,20,23,27-28,35-38H,7,16-19,21-22,24-26H2,1-6H3,(H,47,50)(H,48,49)(H,51,57)(H,52,58)/t35-,36-,37-,38-,46-/m0/s1. The fourth-order valence-corrected chi connectivity index (χ4v) is 9.35. The van der Waals surface area contributed by atoms with Gasteiger partial charge in [0.15, 0.2) is 0 Å². The number of amides is 4. The molecule has 2 aromatic heterocycles. The van der Waals surface area contributed by atoms with Gasteiger partial charge in [-0.3, -0.25) is 9.59 Å². The molecule has 3 saturated heterocycles. The highest BCUT2D eigenvalue weighted by Crippen LogP contribution is 2.58. The van der Waals surface area contributed by atoms with Crippen molar-refractivity contribution in [2.24, 2.45) is 22.7 Å². The van der Waals surface area contributed by atoms with E-state index in [1.54, 1.807) is 0 Å². The van der Waals surface area contributed by atoms with E-state index in [0.29, 0.717) is 38.5 Å². The van der Waals surface area contributed by atoms with Gasteiger partial charge in [-0.2, -0.15) is 0 Å². The molecular formula is C46H56N8O7. The number of rotatable bonds is 9. The lowest BCUT2D eigenvalue weighted by molar-refractivity contribution is -0.136. The molecule has 322 valence electrons. The van der Waals surface area contributed by atoms with Gasteiger partial charge in [-0.1, -0.05) is 51.7 Å². The van der Waals surface area contributed by atoms with E-state index in [-0.39, 0.29) is 46.6 Å². The molecule has 4 amide bonds. The van der Waals surface area contributed by atoms with Crippen molar-refractivity contribution in [3.05, 3.63) is 71.4 Å². The second-order valence-electron chi connectivity index (χ2n) is 18.1. The van der Waals surface area contributed by atoms with Crippen molar-refractivity contribution in [1.29, 1.82) is 0 Å². The number of imidazole rings is 2. The molecule has 1 saturated carbocycles. The second-order valence-corrected chi connectivity index (χ2v) is 18.1. The molecule has 5 atom stereocenters. The highest BCUT2D eigenvalue weighted by atomic mass is 16.5. The van der Waals surface area contributed by atoms with E-state index in [9.17, 15) is 19.2 Å². The van der Waals surface area contributed by atoms with E-state index in [2.05, 4.69) is 32.4 Å². The van der Waals surface area contributed by atoms with Crippen LogP contribution in [0.1, 0.15) is 101 Å². The molecule has 0 radical (unpaired) electrons. The lowest BCUT2D eigenvalue weighted by atomic mass is 9.80. The first-order valence-corrected chi connectivity index (χ1v) is 21.3. The summed E-state index contributed by atoms with van der Waals surface area (Å²) in [4.78, 5) is 72.8. The van der Waals surface area contributed by atoms with Crippen LogP contribution in [0.2, 0.25) is 0 Å². The number of hydrogen-bond acceptors (Lipinski definition) is 9. The number of likely N-dealkylation sites (tertiary alicyclic amines) is 2. The molecule has 4 aromatic rings. The number of carbonyl (C=O) groups is 4. The molecule has 15 heteroatoms. The van der Waals surface area contributed by atoms with Crippen LogP contribution in [-0.2, 0) is 23.8 Å². The number of hydrogen-bond donors (Lipinski definition) is 4. The maximum absolute atomic E-state index is 14.1. The molecule has 0 unspecified atom stereocenters. The summed E-state index contributed by atoms with van der Waals surface area (Å²) in [5, 5.41) is 5.49. The van der Waals surface area contributed by atoms with Gasteiger partial charge in [-0.25, -0.2) is 19.6 Å². The molecule has 8 rings (SSSR count). The monoisotopic (exact) mass is 832 g/mol. The van der Waals surface area contributed by atoms with Gasteiger partial charge in [0, 0.05) is 36.2 Å². The van der Waals surface area contributed by atoms with Crippen LogP contribution in [0, 0.1) is 34.5 Å². The van der Waals surface area contributed by atoms with E-state index >= 15 is 0 Å². The molecule has 3 aliphatic heterocycles. The van der Waals surface area contributed by atoms with Gasteiger partial charge < -0.3 is 44.6 Å². The molecule has 0 bridgehead atoms. The van der Waals surface area contributed by atoms with Crippen molar-refractivity contribution in [1.82, 2.24) is 40.4 Å². The van der Waals surface area contributed by atoms with Gasteiger partial charge in [0.1, 0.15) is 23.7 Å². The van der Waals surface area contributed by atoms with Crippen LogP contribution in [0.3, 0.4) is 0 Å². The van der Waals surface area contributed by atoms with Crippen molar-refractivity contribution in [3.8, 4) is 23.1 Å². The number of ether oxygens (including phenoxy) is 3. The molecule has 4 N–H and O–H groups in total. The van der Waals surface area contributed by atoms with Crippen molar-refractivity contribution in [2.75, 3.05) is 40.5 Å². The maximum Gasteiger partial charge on any atom is 0.407 e. The molecule has 2 spiro atoms. The van der Waals surface area contributed by atoms with Gasteiger partial charge in [-0.15, -0.1) is 0 Å². The first kappa shape index (κ1) is 41.8. The summed E-state index contributed by atoms with van der Waals surface area (Å²) < 4.78 is 15.6. The molecule has 61 heavy (non-hydrogen) atoms. The summed E-state index contributed by atoms with van der Waals surface area (Å²) in [5.41, 5.74) is 4.97. The summed E-state index contributed by atoms with van der Waals surface area (Å²) in [6.07, 6.45) is 6.12. The number of benzene rings is 2. The van der Waals surface area contributed by atoms with E-state index < -0.39 is 24.3 Å². The topological polar surface area (TPSA) is 184 Å². The number of aromatic nitrogens is 4. The Morgan fingerprint density at radius 1 is 0.787 bits per heavy atom. The quantitative estimate of drug-likeness (QED) is 0.142. The highest BCUT2D eigenvalue weighted by Gasteiger charge is 2.55. The van der Waals surface area contributed by atoms with Crippen LogP contribution in [0.4, 0.5) is 9.59 Å². The summed E-state index contributed by atoms with van der Waals surface area (Å²) in [6.45, 7) is 10.1. The van der Waals surface area contributed by atoms with Crippen molar-refractivity contribution >= 4 is 35.0 Å². The number of fused-ring (bicyclic) bond motifs is 1. The Morgan fingerprint density at radius 3 is 1.97 bits per heavy atom. The number of alkyl carbamates (subject to hydrolysis) is 2. The zero-order chi connectivity index (χ0) is 43.1. The average Bonchev–Trinajstić information content (AvgIpc) is 3.65. The predicted octanol–water partition coefficient (Wildman–Crippen LogP) is 6.24. The molecule has 4 fully saturated rings. The Balaban J connectivity index is 0.973. The van der Waals surface area contributed by atoms with Crippen molar-refractivity contribution < 1.29 is 33.4 Å². The minimum absolute atomic E-state index is 0.110. The molecular weight excluding hydrogens is 777 g/mol. The van der Waals surface area contributed by atoms with Crippen LogP contribution < -0.4 is 10.6 Å². The van der Waals surface area contributed by atoms with E-state index in [1.807, 2.05) is 86.2 Å². The van der Waals surface area contributed by atoms with Crippen LogP contribution in [0.5, 0.6) is 0 Å². The number of aromatic amines is 2. The zero-order valence-corrected chi connectivity index (χ0v) is 35.8. The predicted molar refractivity (Wildman–Crippen MR) is 227 cm³/mol. The van der Waals surface area contributed by atoms with Crippen molar-refractivity contribution in [3.63, 3.8) is 0 Å². The smallest absolute Gasteiger partial charge is 0.407 e. The number of methoxy groups -OCH3 is 2. The Morgan fingerprint density at radius 2 is 1.38 bits per heavy atom. The van der Waals surface area contributed by atoms with Crippen LogP contribution in [-0.4, -0.2) is 106 Å². The SMILES string of the molecule is COC(=O)N[C@H](C(=O)N1CC2(CC2)C[C@H]1c1ncc(-c2ccc(C#Cc3ccc4nc([C@@H]5C[C@@]6(CCCOC6)CN5C(=O)[C@@H](NC(=O)OC)C(C)C)[nH]c4c3)cc2)[nH]1)C(C)C. The summed E-state index contributed by atoms with van der Waals surface area (Å²) >= 11 is 0. The Hall–Kier alpha value is -5.88. The van der Waals surface area contributed by atoms with Gasteiger partial charge in [0.25, 0.3) is 0 Å². The van der Waals surface area contributed by atoms with Crippen LogP contribution in [0.15, 0.2) is 48.7 Å². The first-order chi connectivity index (χ1) is 29.3. The van der Waals surface area contributed by atoms with Crippen LogP contribution >= 0.6 is 0 Å². The molecule has 4 aliphatic rings. The lowest BCUT2D eigenvalue weighted by Gasteiger charge is -2.33. The average molecular weight is 833 g/mol. The van der Waals surface area contributed by atoms with Crippen LogP contribution in [0.25, 0.3) is 22.3 Å². The Bertz CT molecular complexity index is 2350. The van der Waals surface area contributed by atoms with E-state index in [4.69, 9.17) is 24.2 Å². The zero-order valence-electron chi connectivity index (χ0n) is 35.8. The summed E-state index contributed by atoms with van der Waals surface area (Å²) in [6, 6.07) is 11.8. The van der Waals surface area contributed by atoms with Gasteiger partial charge >= 0.3 is 12.2 Å². The largest absolute Gasteiger partial charge is 0.453 e. The number of nitrogens with zero attached hydrogens (tertiary/aromatic N) is 4. The summed E-state index contributed by atoms with van der Waals surface area (Å²) in [5.74, 6) is 7.47. The molecule has 15 nitrogen and oxygen atoms in total. The normalized spacial score (nSPS) is 22.6.